The minimum atomic E-state index is -1.20. The zero-order valence-electron chi connectivity index (χ0n) is 20.0. The summed E-state index contributed by atoms with van der Waals surface area (Å²) >= 11 is 0. The van der Waals surface area contributed by atoms with E-state index in [0.29, 0.717) is 19.3 Å². The van der Waals surface area contributed by atoms with Gasteiger partial charge in [0.15, 0.2) is 0 Å². The zero-order chi connectivity index (χ0) is 24.8. The van der Waals surface area contributed by atoms with Crippen molar-refractivity contribution >= 4 is 24.0 Å². The number of aldehydes is 1. The number of anilines is 1. The Morgan fingerprint density at radius 1 is 1.11 bits per heavy atom. The van der Waals surface area contributed by atoms with Crippen LogP contribution >= 0.6 is 0 Å². The van der Waals surface area contributed by atoms with Gasteiger partial charge in [-0.15, -0.1) is 0 Å². The van der Waals surface area contributed by atoms with E-state index in [1.165, 1.54) is 12.1 Å². The lowest BCUT2D eigenvalue weighted by molar-refractivity contribution is -0.151. The number of nitrogens with zero attached hydrogens (tertiary/aromatic N) is 3. The van der Waals surface area contributed by atoms with Crippen LogP contribution in [0.1, 0.15) is 32.1 Å². The molecule has 1 aromatic carbocycles. The van der Waals surface area contributed by atoms with Gasteiger partial charge in [-0.25, -0.2) is 9.18 Å². The quantitative estimate of drug-likeness (QED) is 0.400. The Bertz CT molecular complexity index is 882. The van der Waals surface area contributed by atoms with Gasteiger partial charge in [0.2, 0.25) is 0 Å². The number of amides is 1. The molecule has 192 valence electrons. The number of carbonyl (C=O) groups excluding carboxylic acids is 2. The van der Waals surface area contributed by atoms with Crippen LogP contribution in [-0.2, 0) is 14.3 Å². The Kier molecular flexibility index (Phi) is 8.22. The molecule has 0 unspecified atom stereocenters. The summed E-state index contributed by atoms with van der Waals surface area (Å²) in [4.78, 5) is 41.4. The van der Waals surface area contributed by atoms with Crippen LogP contribution in [0.2, 0.25) is 0 Å². The molecule has 3 fully saturated rings. The highest BCUT2D eigenvalue weighted by molar-refractivity contribution is 5.79. The molecule has 0 saturated carbocycles. The van der Waals surface area contributed by atoms with Crippen LogP contribution in [0.3, 0.4) is 0 Å². The molecule has 4 rings (SSSR count). The summed E-state index contributed by atoms with van der Waals surface area (Å²) in [6, 6.07) is 5.92. The maximum Gasteiger partial charge on any atom is 0.405 e. The Balaban J connectivity index is 1.17. The molecule has 2 atom stereocenters. The second kappa shape index (κ2) is 11.3. The van der Waals surface area contributed by atoms with Crippen molar-refractivity contribution in [3.05, 3.63) is 30.1 Å². The van der Waals surface area contributed by atoms with E-state index in [9.17, 15) is 18.8 Å². The van der Waals surface area contributed by atoms with E-state index < -0.39 is 17.6 Å². The van der Waals surface area contributed by atoms with Gasteiger partial charge < -0.3 is 29.8 Å². The van der Waals surface area contributed by atoms with Gasteiger partial charge in [0.05, 0.1) is 11.5 Å². The van der Waals surface area contributed by atoms with Gasteiger partial charge >= 0.3 is 12.1 Å². The minimum absolute atomic E-state index is 0.0524. The number of ether oxygens (including phenoxy) is 1. The number of esters is 1. The first-order valence-electron chi connectivity index (χ1n) is 12.5. The van der Waals surface area contributed by atoms with E-state index in [1.807, 2.05) is 12.1 Å². The molecule has 1 amide bonds. The number of hydrogen-bond acceptors (Lipinski definition) is 7. The van der Waals surface area contributed by atoms with Gasteiger partial charge in [-0.05, 0) is 63.0 Å². The number of hydrogen-bond donors (Lipinski definition) is 2. The van der Waals surface area contributed by atoms with Crippen molar-refractivity contribution < 1.29 is 28.6 Å². The first-order chi connectivity index (χ1) is 16.9. The number of carbonyl (C=O) groups is 3. The summed E-state index contributed by atoms with van der Waals surface area (Å²) in [5.41, 5.74) is 0.634. The van der Waals surface area contributed by atoms with E-state index in [-0.39, 0.29) is 17.9 Å². The number of rotatable bonds is 9. The fraction of sp³-hybridized carbons (Fsp3) is 0.640. The standard InChI is InChI=1S/C25H35FN4O5/c26-19-1-3-21(4-2-19)30-15-13-29(14-16-30)10-6-22-17-25(23(32)35-22)7-11-28(12-8-25)9-5-20(18-31)27-24(33)34/h1-4,18,20,22,27H,5-17H2,(H,33,34)/t20-,22-/m0/s1. The Morgan fingerprint density at radius 2 is 1.77 bits per heavy atom. The molecule has 3 aliphatic heterocycles. The molecule has 10 heteroatoms. The molecule has 0 bridgehead atoms. The molecule has 0 aliphatic carbocycles. The molecule has 3 heterocycles. The molecule has 3 saturated heterocycles. The third-order valence-corrected chi connectivity index (χ3v) is 7.70. The fourth-order valence-electron chi connectivity index (χ4n) is 5.47. The molecular formula is C25H35FN4O5. The molecule has 3 aliphatic rings. The Labute approximate surface area is 205 Å². The first kappa shape index (κ1) is 25.4. The summed E-state index contributed by atoms with van der Waals surface area (Å²) in [6.07, 6.45) is 2.85. The second-order valence-electron chi connectivity index (χ2n) is 9.93. The van der Waals surface area contributed by atoms with Crippen molar-refractivity contribution in [1.29, 1.82) is 0 Å². The van der Waals surface area contributed by atoms with Gasteiger partial charge in [0.1, 0.15) is 18.2 Å². The Morgan fingerprint density at radius 3 is 2.40 bits per heavy atom. The van der Waals surface area contributed by atoms with Crippen LogP contribution in [0.5, 0.6) is 0 Å². The number of piperazine rings is 1. The SMILES string of the molecule is O=C[C@H](CCN1CCC2(CC1)C[C@H](CCN1CCN(c3ccc(F)cc3)CC1)OC2=O)NC(=O)O. The predicted octanol–water partition coefficient (Wildman–Crippen LogP) is 1.96. The Hall–Kier alpha value is -2.72. The van der Waals surface area contributed by atoms with Crippen molar-refractivity contribution in [2.24, 2.45) is 5.41 Å². The monoisotopic (exact) mass is 490 g/mol. The van der Waals surface area contributed by atoms with Gasteiger partial charge in [-0.3, -0.25) is 9.69 Å². The lowest BCUT2D eigenvalue weighted by atomic mass is 9.75. The van der Waals surface area contributed by atoms with Gasteiger partial charge in [-0.2, -0.15) is 0 Å². The predicted molar refractivity (Wildman–Crippen MR) is 128 cm³/mol. The van der Waals surface area contributed by atoms with Crippen LogP contribution in [0.4, 0.5) is 14.9 Å². The smallest absolute Gasteiger partial charge is 0.405 e. The summed E-state index contributed by atoms with van der Waals surface area (Å²) in [5, 5.41) is 11.0. The van der Waals surface area contributed by atoms with Crippen molar-refractivity contribution in [1.82, 2.24) is 15.1 Å². The van der Waals surface area contributed by atoms with Gasteiger partial charge in [0.25, 0.3) is 0 Å². The maximum atomic E-state index is 13.2. The van der Waals surface area contributed by atoms with E-state index in [0.717, 1.165) is 77.2 Å². The highest BCUT2D eigenvalue weighted by Gasteiger charge is 2.50. The lowest BCUT2D eigenvalue weighted by Gasteiger charge is -2.37. The summed E-state index contributed by atoms with van der Waals surface area (Å²) in [6.45, 7) is 6.62. The lowest BCUT2D eigenvalue weighted by Crippen LogP contribution is -2.47. The summed E-state index contributed by atoms with van der Waals surface area (Å²) < 4.78 is 19.0. The molecule has 1 aromatic rings. The number of carboxylic acid groups (broad SMARTS) is 1. The normalized spacial score (nSPS) is 23.7. The van der Waals surface area contributed by atoms with E-state index >= 15 is 0 Å². The second-order valence-corrected chi connectivity index (χ2v) is 9.93. The first-order valence-corrected chi connectivity index (χ1v) is 12.5. The van der Waals surface area contributed by atoms with Crippen molar-refractivity contribution in [2.75, 3.05) is 57.3 Å². The average molecular weight is 491 g/mol. The number of cyclic esters (lactones) is 1. The topological polar surface area (TPSA) is 102 Å². The van der Waals surface area contributed by atoms with Crippen molar-refractivity contribution in [3.8, 4) is 0 Å². The molecule has 35 heavy (non-hydrogen) atoms. The molecule has 1 spiro atoms. The number of likely N-dealkylation sites (tertiary alicyclic amines) is 1. The summed E-state index contributed by atoms with van der Waals surface area (Å²) in [7, 11) is 0. The number of halogens is 1. The number of benzene rings is 1. The van der Waals surface area contributed by atoms with Crippen molar-refractivity contribution in [2.45, 2.75) is 44.2 Å². The van der Waals surface area contributed by atoms with Crippen molar-refractivity contribution in [3.63, 3.8) is 0 Å². The minimum Gasteiger partial charge on any atom is -0.465 e. The largest absolute Gasteiger partial charge is 0.465 e. The van der Waals surface area contributed by atoms with E-state index in [2.05, 4.69) is 20.0 Å². The number of nitrogens with one attached hydrogen (secondary N) is 1. The van der Waals surface area contributed by atoms with Crippen LogP contribution < -0.4 is 10.2 Å². The van der Waals surface area contributed by atoms with Crippen LogP contribution in [-0.4, -0.2) is 97.8 Å². The van der Waals surface area contributed by atoms with Crippen LogP contribution in [0, 0.1) is 11.2 Å². The highest BCUT2D eigenvalue weighted by atomic mass is 19.1. The molecule has 0 radical (unpaired) electrons. The summed E-state index contributed by atoms with van der Waals surface area (Å²) in [5.74, 6) is -0.303. The average Bonchev–Trinajstić information content (AvgIpc) is 3.16. The fourth-order valence-corrected chi connectivity index (χ4v) is 5.47. The van der Waals surface area contributed by atoms with Crippen LogP contribution in [0.15, 0.2) is 24.3 Å². The maximum absolute atomic E-state index is 13.2. The van der Waals surface area contributed by atoms with E-state index in [4.69, 9.17) is 9.84 Å². The highest BCUT2D eigenvalue weighted by Crippen LogP contribution is 2.44. The molecule has 9 nitrogen and oxygen atoms in total. The van der Waals surface area contributed by atoms with E-state index in [1.54, 1.807) is 0 Å². The third-order valence-electron chi connectivity index (χ3n) is 7.70. The molecular weight excluding hydrogens is 455 g/mol. The van der Waals surface area contributed by atoms with Crippen LogP contribution in [0.25, 0.3) is 0 Å². The number of piperidine rings is 1. The molecule has 2 N–H and O–H groups in total. The molecule has 0 aromatic heterocycles. The van der Waals surface area contributed by atoms with Gasteiger partial charge in [-0.1, -0.05) is 0 Å². The van der Waals surface area contributed by atoms with Gasteiger partial charge in [0, 0.05) is 51.4 Å². The third kappa shape index (κ3) is 6.49. The zero-order valence-corrected chi connectivity index (χ0v) is 20.0.